The maximum atomic E-state index is 2.92. The molecule has 0 saturated heterocycles. The van der Waals surface area contributed by atoms with Crippen LogP contribution in [0.3, 0.4) is 0 Å². The van der Waals surface area contributed by atoms with E-state index in [1.54, 1.807) is 8.94 Å². The summed E-state index contributed by atoms with van der Waals surface area (Å²) in [5.41, 5.74) is 0. The van der Waals surface area contributed by atoms with Crippen LogP contribution in [0.1, 0.15) is 129 Å². The molecule has 0 aliphatic heterocycles. The fraction of sp³-hybridized carbons (Fsp3) is 1.00. The molecule has 25 heavy (non-hydrogen) atoms. The molecule has 0 radical (unpaired) electrons. The van der Waals surface area contributed by atoms with Crippen molar-refractivity contribution in [2.75, 3.05) is 0 Å². The van der Waals surface area contributed by atoms with Crippen LogP contribution < -0.4 is 0 Å². The molecule has 0 aromatic rings. The van der Waals surface area contributed by atoms with E-state index in [1.807, 2.05) is 0 Å². The molecule has 0 atom stereocenters. The van der Waals surface area contributed by atoms with Gasteiger partial charge in [-0.1, -0.05) is 0 Å². The second-order valence-corrected chi connectivity index (χ2v) is 48.0. The van der Waals surface area contributed by atoms with Crippen molar-refractivity contribution in [1.29, 1.82) is 0 Å². The molecule has 0 aliphatic rings. The van der Waals surface area contributed by atoms with Crippen LogP contribution in [0.5, 0.6) is 0 Å². The molecule has 0 bridgehead atoms. The molecule has 0 unspecified atom stereocenters. The minimum absolute atomic E-state index is 1.37. The van der Waals surface area contributed by atoms with E-state index in [2.05, 4.69) is 51.2 Å². The van der Waals surface area contributed by atoms with Crippen LogP contribution in [-0.2, 0) is 0 Å². The molecule has 0 spiro atoms. The number of unbranched alkanes of at least 4 members (excludes halogenated alkanes) is 16. The van der Waals surface area contributed by atoms with E-state index in [-0.39, 0.29) is 0 Å². The molecule has 0 amide bonds. The molecule has 0 nitrogen and oxygen atoms in total. The molecule has 0 saturated carbocycles. The Balaban J connectivity index is 3.32. The summed E-state index contributed by atoms with van der Waals surface area (Å²) in [6.45, 7) is 4.61. The van der Waals surface area contributed by atoms with Gasteiger partial charge in [-0.2, -0.15) is 0 Å². The third-order valence-corrected chi connectivity index (χ3v) is 22.0. The van der Waals surface area contributed by atoms with Crippen LogP contribution >= 0.6 is 37.4 Å². The van der Waals surface area contributed by atoms with Gasteiger partial charge in [-0.15, -0.1) is 0 Å². The summed E-state index contributed by atoms with van der Waals surface area (Å²) in [7, 11) is -1.47. The van der Waals surface area contributed by atoms with Gasteiger partial charge in [0, 0.05) is 0 Å². The van der Waals surface area contributed by atoms with Gasteiger partial charge in [0.05, 0.1) is 0 Å². The SMILES string of the molecule is CCCCCCCCCCC[Te](I)(I)CCCCCCCCCCC. The number of hydrogen-bond acceptors (Lipinski definition) is 0. The molecule has 0 heterocycles. The second-order valence-electron chi connectivity index (χ2n) is 7.76. The first-order chi connectivity index (χ1) is 12.1. The van der Waals surface area contributed by atoms with Crippen LogP contribution in [-0.4, -0.2) is 10.3 Å². The normalized spacial score (nSPS) is 12.6. The Morgan fingerprint density at radius 3 is 0.920 bits per heavy atom. The fourth-order valence-corrected chi connectivity index (χ4v) is 15.9. The Hall–Kier alpha value is 2.25. The van der Waals surface area contributed by atoms with Gasteiger partial charge in [-0.05, 0) is 0 Å². The van der Waals surface area contributed by atoms with Crippen molar-refractivity contribution in [3.8, 4) is 0 Å². The molecule has 3 heteroatoms. The van der Waals surface area contributed by atoms with Crippen LogP contribution in [0, 0.1) is 0 Å². The molecule has 0 rings (SSSR count). The fourth-order valence-electron chi connectivity index (χ4n) is 3.35. The second kappa shape index (κ2) is 21.0. The molecule has 0 aromatic heterocycles. The zero-order valence-electron chi connectivity index (χ0n) is 17.3. The first-order valence-corrected chi connectivity index (χ1v) is 28.2. The summed E-state index contributed by atoms with van der Waals surface area (Å²) in [5.74, 6) is 0. The van der Waals surface area contributed by atoms with Gasteiger partial charge in [0.2, 0.25) is 0 Å². The predicted octanol–water partition coefficient (Wildman–Crippen LogP) is 10.4. The minimum atomic E-state index is -1.47. The number of rotatable bonds is 20. The van der Waals surface area contributed by atoms with E-state index in [1.165, 1.54) is 116 Å². The number of hydrogen-bond donors (Lipinski definition) is 0. The van der Waals surface area contributed by atoms with Crippen molar-refractivity contribution in [2.24, 2.45) is 0 Å². The zero-order chi connectivity index (χ0) is 18.6. The van der Waals surface area contributed by atoms with Crippen LogP contribution in [0.2, 0.25) is 8.94 Å². The van der Waals surface area contributed by atoms with E-state index in [0.29, 0.717) is 0 Å². The summed E-state index contributed by atoms with van der Waals surface area (Å²) < 4.78 is 3.22. The van der Waals surface area contributed by atoms with Crippen LogP contribution in [0.25, 0.3) is 0 Å². The summed E-state index contributed by atoms with van der Waals surface area (Å²) in [6.07, 6.45) is 26.5. The van der Waals surface area contributed by atoms with Crippen molar-refractivity contribution < 1.29 is 0 Å². The Morgan fingerprint density at radius 2 is 0.640 bits per heavy atom. The van der Waals surface area contributed by atoms with Gasteiger partial charge >= 0.3 is 186 Å². The van der Waals surface area contributed by atoms with E-state index >= 15 is 0 Å². The molecule has 0 aliphatic carbocycles. The first-order valence-electron chi connectivity index (χ1n) is 11.3. The van der Waals surface area contributed by atoms with Crippen LogP contribution in [0.4, 0.5) is 0 Å². The van der Waals surface area contributed by atoms with E-state index < -0.39 is 10.3 Å². The van der Waals surface area contributed by atoms with Crippen molar-refractivity contribution in [3.63, 3.8) is 0 Å². The van der Waals surface area contributed by atoms with Gasteiger partial charge in [0.25, 0.3) is 0 Å². The summed E-state index contributed by atoms with van der Waals surface area (Å²) in [6, 6.07) is 0. The molecule has 0 fully saturated rings. The van der Waals surface area contributed by atoms with Gasteiger partial charge in [-0.3, -0.25) is 0 Å². The average molecular weight is 692 g/mol. The Morgan fingerprint density at radius 1 is 0.400 bits per heavy atom. The standard InChI is InChI=1S/C22H46I2Te/c1-3-5-7-9-11-13-15-17-19-21-25(23,24)22-20-18-16-14-12-10-8-6-4-2/h3-22H2,1-2H3. The summed E-state index contributed by atoms with van der Waals surface area (Å²) >= 11 is 5.84. The topological polar surface area (TPSA) is 0 Å². The number of halogens is 2. The Labute approximate surface area is 184 Å². The monoisotopic (exact) mass is 694 g/mol. The van der Waals surface area contributed by atoms with Gasteiger partial charge in [0.15, 0.2) is 0 Å². The average Bonchev–Trinajstić information content (AvgIpc) is 2.59. The first kappa shape index (κ1) is 27.2. The molecular formula is C22H46I2Te. The van der Waals surface area contributed by atoms with E-state index in [9.17, 15) is 0 Å². The quantitative estimate of drug-likeness (QED) is 0.0677. The Kier molecular flexibility index (Phi) is 22.9. The molecule has 154 valence electrons. The Bertz CT molecular complexity index is 232. The third-order valence-electron chi connectivity index (χ3n) is 5.09. The third kappa shape index (κ3) is 22.4. The van der Waals surface area contributed by atoms with Crippen molar-refractivity contribution in [3.05, 3.63) is 0 Å². The molecule has 0 aromatic carbocycles. The molecule has 0 N–H and O–H groups in total. The van der Waals surface area contributed by atoms with Crippen molar-refractivity contribution in [1.82, 2.24) is 0 Å². The van der Waals surface area contributed by atoms with Gasteiger partial charge in [-0.25, -0.2) is 0 Å². The maximum absolute atomic E-state index is 2.92. The van der Waals surface area contributed by atoms with Crippen molar-refractivity contribution in [2.45, 2.75) is 138 Å². The zero-order valence-corrected chi connectivity index (χ0v) is 24.0. The predicted molar refractivity (Wildman–Crippen MR) is 138 cm³/mol. The van der Waals surface area contributed by atoms with Crippen LogP contribution in [0.15, 0.2) is 0 Å². The van der Waals surface area contributed by atoms with Gasteiger partial charge < -0.3 is 0 Å². The summed E-state index contributed by atoms with van der Waals surface area (Å²) in [4.78, 5) is 0. The van der Waals surface area contributed by atoms with Crippen molar-refractivity contribution >= 4 is 47.7 Å². The van der Waals surface area contributed by atoms with Gasteiger partial charge in [0.1, 0.15) is 0 Å². The van der Waals surface area contributed by atoms with E-state index in [0.717, 1.165) is 0 Å². The van der Waals surface area contributed by atoms with E-state index in [4.69, 9.17) is 0 Å². The molecular weight excluding hydrogens is 646 g/mol. The summed E-state index contributed by atoms with van der Waals surface area (Å²) in [5, 5.41) is 0.